The summed E-state index contributed by atoms with van der Waals surface area (Å²) in [5.41, 5.74) is 0.745. The number of aliphatic hydroxyl groups is 1. The van der Waals surface area contributed by atoms with Crippen LogP contribution >= 0.6 is 20.2 Å². The van der Waals surface area contributed by atoms with Crippen LogP contribution in [0.3, 0.4) is 0 Å². The second-order valence-corrected chi connectivity index (χ2v) is 18.0. The normalized spacial score (nSPS) is 18.8. The Kier molecular flexibility index (Phi) is 15.0. The molecule has 330 valence electrons. The van der Waals surface area contributed by atoms with E-state index in [1.165, 1.54) is 10.8 Å². The summed E-state index contributed by atoms with van der Waals surface area (Å²) in [7, 11) is -0.438. The highest BCUT2D eigenvalue weighted by atomic mass is 32.1. The van der Waals surface area contributed by atoms with Gasteiger partial charge in [-0.1, -0.05) is 72.8 Å². The predicted molar refractivity (Wildman–Crippen MR) is 245 cm³/mol. The van der Waals surface area contributed by atoms with Gasteiger partial charge in [0.2, 0.25) is 10.9 Å². The summed E-state index contributed by atoms with van der Waals surface area (Å²) in [6.07, 6.45) is -1.25. The molecule has 16 heteroatoms. The summed E-state index contributed by atoms with van der Waals surface area (Å²) in [5.74, 6) is -0.906. The predicted octanol–water partition coefficient (Wildman–Crippen LogP) is 7.68. The van der Waals surface area contributed by atoms with Crippen LogP contribution in [0.25, 0.3) is 0 Å². The number of hydrogen-bond donors (Lipinski definition) is 4. The maximum atomic E-state index is 13.5. The number of anilines is 1. The number of rotatable bonds is 18. The van der Waals surface area contributed by atoms with Gasteiger partial charge in [0.05, 0.1) is 33.9 Å². The molecule has 6 rings (SSSR count). The van der Waals surface area contributed by atoms with Gasteiger partial charge in [-0.15, -0.1) is 9.19 Å². The third kappa shape index (κ3) is 9.96. The number of nitrogens with one attached hydrogen (secondary N) is 3. The third-order valence-corrected chi connectivity index (χ3v) is 14.2. The summed E-state index contributed by atoms with van der Waals surface area (Å²) in [6, 6.07) is 33.9. The molecule has 0 saturated carbocycles. The van der Waals surface area contributed by atoms with Crippen molar-refractivity contribution >= 4 is 31.0 Å². The van der Waals surface area contributed by atoms with Gasteiger partial charge in [0.15, 0.2) is 0 Å². The molecule has 4 aromatic carbocycles. The second-order valence-electron chi connectivity index (χ2n) is 15.5. The molecule has 0 spiro atoms. The van der Waals surface area contributed by atoms with Crippen molar-refractivity contribution in [3.8, 4) is 11.5 Å². The minimum atomic E-state index is -3.65. The summed E-state index contributed by atoms with van der Waals surface area (Å²) >= 11 is 5.92. The van der Waals surface area contributed by atoms with E-state index in [2.05, 4.69) is 15.4 Å². The molecule has 1 fully saturated rings. The van der Waals surface area contributed by atoms with Crippen LogP contribution in [0.15, 0.2) is 125 Å². The molecule has 0 aliphatic carbocycles. The first kappa shape index (κ1) is 46.5. The fraction of sp³-hybridized carbons (Fsp3) is 0.370. The Bertz CT molecular complexity index is 2310. The Morgan fingerprint density at radius 2 is 1.44 bits per heavy atom. The van der Waals surface area contributed by atoms with Crippen LogP contribution in [0.1, 0.15) is 69.5 Å². The van der Waals surface area contributed by atoms with Crippen molar-refractivity contribution in [3.63, 3.8) is 0 Å². The van der Waals surface area contributed by atoms with Crippen molar-refractivity contribution in [3.05, 3.63) is 158 Å². The van der Waals surface area contributed by atoms with Crippen molar-refractivity contribution in [1.82, 2.24) is 19.3 Å². The van der Waals surface area contributed by atoms with Gasteiger partial charge in [0.25, 0.3) is 5.56 Å². The summed E-state index contributed by atoms with van der Waals surface area (Å²) < 4.78 is 42.1. The minimum absolute atomic E-state index is 0.177. The first-order valence-corrected chi connectivity index (χ1v) is 22.5. The Labute approximate surface area is 368 Å². The number of ether oxygens (including phenoxy) is 4. The lowest BCUT2D eigenvalue weighted by molar-refractivity contribution is -0.204. The molecular formula is C46H57N5O9PS+. The molecule has 2 heterocycles. The molecule has 1 aliphatic rings. The van der Waals surface area contributed by atoms with Crippen molar-refractivity contribution in [2.75, 3.05) is 32.8 Å². The van der Waals surface area contributed by atoms with Gasteiger partial charge in [-0.25, -0.2) is 4.79 Å². The molecule has 1 unspecified atom stereocenters. The van der Waals surface area contributed by atoms with Gasteiger partial charge in [-0.2, -0.15) is 9.61 Å². The Balaban J connectivity index is 1.51. The van der Waals surface area contributed by atoms with E-state index in [0.717, 1.165) is 22.4 Å². The lowest BCUT2D eigenvalue weighted by Gasteiger charge is -2.41. The molecule has 14 nitrogen and oxygen atoms in total. The first-order valence-electron chi connectivity index (χ1n) is 20.5. The number of benzene rings is 4. The van der Waals surface area contributed by atoms with E-state index in [-0.39, 0.29) is 42.4 Å². The quantitative estimate of drug-likeness (QED) is 0.0294. The zero-order valence-electron chi connectivity index (χ0n) is 36.4. The second kappa shape index (κ2) is 20.0. The smallest absolute Gasteiger partial charge is 0.465 e. The Morgan fingerprint density at radius 1 is 0.903 bits per heavy atom. The number of aromatic amines is 1. The highest BCUT2D eigenvalue weighted by Gasteiger charge is 2.65. The van der Waals surface area contributed by atoms with Gasteiger partial charge < -0.3 is 29.4 Å². The van der Waals surface area contributed by atoms with Crippen LogP contribution in [0.5, 0.6) is 11.5 Å². The molecule has 4 N–H and O–H groups in total. The topological polar surface area (TPSA) is 158 Å². The van der Waals surface area contributed by atoms with Crippen LogP contribution in [0.2, 0.25) is 0 Å². The number of methoxy groups -OCH3 is 2. The van der Waals surface area contributed by atoms with E-state index in [1.807, 2.05) is 148 Å². The number of H-pyrrole nitrogens is 1. The van der Waals surface area contributed by atoms with E-state index in [9.17, 15) is 14.7 Å². The van der Waals surface area contributed by atoms with Crippen molar-refractivity contribution in [1.29, 1.82) is 0 Å². The molecule has 5 aromatic rings. The summed E-state index contributed by atoms with van der Waals surface area (Å²) in [6.45, 7) is 11.3. The first-order chi connectivity index (χ1) is 29.7. The molecule has 1 aromatic heterocycles. The molecule has 1 aliphatic heterocycles. The third-order valence-electron chi connectivity index (χ3n) is 10.6. The lowest BCUT2D eigenvalue weighted by atomic mass is 9.80. The molecule has 4 atom stereocenters. The number of aryl methyl sites for hydroxylation is 1. The zero-order valence-corrected chi connectivity index (χ0v) is 38.1. The van der Waals surface area contributed by atoms with E-state index in [1.54, 1.807) is 21.1 Å². The monoisotopic (exact) mass is 886 g/mol. The van der Waals surface area contributed by atoms with Crippen LogP contribution in [-0.2, 0) is 24.1 Å². The van der Waals surface area contributed by atoms with E-state index in [4.69, 9.17) is 40.2 Å². The van der Waals surface area contributed by atoms with Gasteiger partial charge in [0, 0.05) is 29.5 Å². The van der Waals surface area contributed by atoms with E-state index in [0.29, 0.717) is 11.5 Å². The summed E-state index contributed by atoms with van der Waals surface area (Å²) in [5, 5.41) is 20.1. The van der Waals surface area contributed by atoms with Crippen molar-refractivity contribution < 1.29 is 33.1 Å². The van der Waals surface area contributed by atoms with Crippen molar-refractivity contribution in [2.45, 2.75) is 83.8 Å². The van der Waals surface area contributed by atoms with Gasteiger partial charge in [-0.05, 0) is 107 Å². The van der Waals surface area contributed by atoms with Gasteiger partial charge in [-0.3, -0.25) is 14.3 Å². The Morgan fingerprint density at radius 3 is 1.95 bits per heavy atom. The average Bonchev–Trinajstić information content (AvgIpc) is 3.57. The van der Waals surface area contributed by atoms with E-state index < -0.39 is 43.0 Å². The van der Waals surface area contributed by atoms with Crippen LogP contribution in [0, 0.1) is 6.92 Å². The molecular weight excluding hydrogens is 830 g/mol. The maximum Gasteiger partial charge on any atom is 0.465 e. The fourth-order valence-electron chi connectivity index (χ4n) is 7.89. The summed E-state index contributed by atoms with van der Waals surface area (Å²) in [4.78, 5) is 28.4. The molecule has 62 heavy (non-hydrogen) atoms. The van der Waals surface area contributed by atoms with Crippen LogP contribution in [-0.4, -0.2) is 75.8 Å². The van der Waals surface area contributed by atoms with Crippen LogP contribution < -0.4 is 31.1 Å². The number of nitrogens with zero attached hydrogens (tertiary/aromatic N) is 2. The van der Waals surface area contributed by atoms with E-state index >= 15 is 0 Å². The Hall–Kier alpha value is -4.96. The number of para-hydroxylation sites is 1. The molecule has 0 amide bonds. The standard InChI is InChI=1S/C46H56N5O9PS/c1-9-58-61(51(31(2)3)32(4)5,49-43(62)47-37-18-14-11-15-19-37)60-45(54)28-41(50-29-33(6)42(52)48-44(50)53)59-40(45)30-57-46(34-16-12-10-13-17-34,35-20-24-38(55-7)25-21-35)36-22-26-39(56-8)27-23-36/h10-27,29,31-32,40-41,54H,9,28,30H2,1-8H3,(H2-,47,48,49,52,53,62)/p+1/t40-,41-,45+,61?/m1/s1. The highest BCUT2D eigenvalue weighted by Crippen LogP contribution is 2.66. The molecule has 0 bridgehead atoms. The van der Waals surface area contributed by atoms with Crippen molar-refractivity contribution in [2.24, 2.45) is 0 Å². The number of thiocarbonyl (C=S) groups is 1. The minimum Gasteiger partial charge on any atom is -0.497 e. The number of aromatic nitrogens is 2. The lowest BCUT2D eigenvalue weighted by Crippen LogP contribution is -2.52. The van der Waals surface area contributed by atoms with Gasteiger partial charge in [0.1, 0.15) is 29.4 Å². The largest absolute Gasteiger partial charge is 0.497 e. The highest BCUT2D eigenvalue weighted by molar-refractivity contribution is 7.81. The van der Waals surface area contributed by atoms with Gasteiger partial charge >= 0.3 is 13.7 Å². The number of hydrogen-bond acceptors (Lipinski definition) is 11. The SMILES string of the molecule is CCO[P+](NC(=S)Nc1ccccc1)(O[C@@]1(O)C[C@H](n2cc(C)c(=O)[nH]c2=O)O[C@@H]1COC(c1ccccc1)(c1ccc(OC)cc1)c1ccc(OC)cc1)N(C(C)C)C(C)C. The average molecular weight is 887 g/mol. The zero-order chi connectivity index (χ0) is 44.7. The molecule has 1 saturated heterocycles. The van der Waals surface area contributed by atoms with Crippen LogP contribution in [0.4, 0.5) is 5.69 Å². The maximum absolute atomic E-state index is 13.5. The molecule has 0 radical (unpaired) electrons. The fourth-order valence-corrected chi connectivity index (χ4v) is 11.4.